The summed E-state index contributed by atoms with van der Waals surface area (Å²) in [4.78, 5) is 9.72. The van der Waals surface area contributed by atoms with Crippen molar-refractivity contribution in [1.29, 1.82) is 0 Å². The Labute approximate surface area is 68.3 Å². The molecule has 1 nitrogen and oxygen atoms in total. The van der Waals surface area contributed by atoms with Crippen LogP contribution in [-0.2, 0) is 4.79 Å². The van der Waals surface area contributed by atoms with Crippen LogP contribution in [0.25, 0.3) is 5.83 Å². The highest BCUT2D eigenvalue weighted by atomic mass is 19.2. The third-order valence-electron chi connectivity index (χ3n) is 1.31. The van der Waals surface area contributed by atoms with Crippen molar-refractivity contribution < 1.29 is 13.6 Å². The second kappa shape index (κ2) is 3.76. The van der Waals surface area contributed by atoms with Crippen molar-refractivity contribution in [3.05, 3.63) is 41.7 Å². The first-order valence-corrected chi connectivity index (χ1v) is 3.24. The van der Waals surface area contributed by atoms with Crippen LogP contribution in [-0.4, -0.2) is 6.29 Å². The first kappa shape index (κ1) is 8.59. The van der Waals surface area contributed by atoms with Crippen molar-refractivity contribution in [1.82, 2.24) is 0 Å². The van der Waals surface area contributed by atoms with Crippen LogP contribution < -0.4 is 0 Å². The highest BCUT2D eigenvalue weighted by Gasteiger charge is 2.07. The smallest absolute Gasteiger partial charge is 0.267 e. The minimum absolute atomic E-state index is 0.0401. The maximum atomic E-state index is 12.8. The van der Waals surface area contributed by atoms with Crippen LogP contribution in [0, 0.1) is 0 Å². The summed E-state index contributed by atoms with van der Waals surface area (Å²) in [5.74, 6) is -2.67. The van der Waals surface area contributed by atoms with Gasteiger partial charge in [-0.1, -0.05) is 30.3 Å². The van der Waals surface area contributed by atoms with Gasteiger partial charge in [0, 0.05) is 5.56 Å². The van der Waals surface area contributed by atoms with Crippen molar-refractivity contribution in [3.63, 3.8) is 0 Å². The average molecular weight is 167 g/mol. The van der Waals surface area contributed by atoms with Crippen LogP contribution in [0.15, 0.2) is 36.2 Å². The van der Waals surface area contributed by atoms with Gasteiger partial charge in [-0.3, -0.25) is 4.79 Å². The van der Waals surface area contributed by atoms with Gasteiger partial charge in [0.25, 0.3) is 6.29 Å². The molecule has 3 heteroatoms. The molecule has 0 atom stereocenters. The summed E-state index contributed by atoms with van der Waals surface area (Å²) >= 11 is 0. The third kappa shape index (κ3) is 1.75. The Kier molecular flexibility index (Phi) is 2.69. The quantitative estimate of drug-likeness (QED) is 0.618. The van der Waals surface area contributed by atoms with Crippen molar-refractivity contribution in [3.8, 4) is 0 Å². The van der Waals surface area contributed by atoms with E-state index in [0.29, 0.717) is 0 Å². The molecule has 1 aromatic carbocycles. The Morgan fingerprint density at radius 2 is 1.75 bits per heavy atom. The highest BCUT2D eigenvalue weighted by molar-refractivity contribution is 5.83. The van der Waals surface area contributed by atoms with Gasteiger partial charge < -0.3 is 0 Å². The number of hydrogen-bond acceptors (Lipinski definition) is 1. The van der Waals surface area contributed by atoms with Gasteiger partial charge in [-0.05, 0) is 0 Å². The number of benzene rings is 1. The average Bonchev–Trinajstić information content (AvgIpc) is 2.17. The molecule has 0 heterocycles. The van der Waals surface area contributed by atoms with Gasteiger partial charge in [-0.25, -0.2) is 4.39 Å². The number of halogens is 2. The summed E-state index contributed by atoms with van der Waals surface area (Å²) in [6.07, 6.45) is 0.851. The van der Waals surface area contributed by atoms with Gasteiger partial charge in [0.05, 0.1) is 0 Å². The monoisotopic (exact) mass is 167 g/mol. The van der Waals surface area contributed by atoms with E-state index >= 15 is 0 Å². The van der Waals surface area contributed by atoms with E-state index in [1.54, 1.807) is 18.2 Å². The van der Waals surface area contributed by atoms with E-state index in [0.717, 1.165) is 6.29 Å². The van der Waals surface area contributed by atoms with Crippen molar-refractivity contribution >= 4 is 12.1 Å². The lowest BCUT2D eigenvalue weighted by Gasteiger charge is -1.94. The third-order valence-corrected chi connectivity index (χ3v) is 1.31. The predicted molar refractivity (Wildman–Crippen MR) is 41.3 cm³/mol. The molecule has 0 fully saturated rings. The molecule has 61 valence electrons. The van der Waals surface area contributed by atoms with Gasteiger partial charge in [-0.2, -0.15) is 4.39 Å². The van der Waals surface area contributed by atoms with Gasteiger partial charge in [0.2, 0.25) is 5.83 Å². The largest absolute Gasteiger partial charge is 0.282 e. The van der Waals surface area contributed by atoms with E-state index in [9.17, 15) is 13.6 Å². The second-order valence-electron chi connectivity index (χ2n) is 2.10. The normalized spacial score (nSPS) is 12.2. The van der Waals surface area contributed by atoms with E-state index in [-0.39, 0.29) is 5.56 Å². The molecule has 0 amide bonds. The second-order valence-corrected chi connectivity index (χ2v) is 2.10. The summed E-state index contributed by atoms with van der Waals surface area (Å²) in [5, 5.41) is 0. The topological polar surface area (TPSA) is 17.1 Å². The molecule has 1 aromatic rings. The Bertz CT molecular complexity index is 304. The van der Waals surface area contributed by atoms with E-state index in [1.165, 1.54) is 12.1 Å². The lowest BCUT2D eigenvalue weighted by Crippen LogP contribution is -1.82. The fourth-order valence-corrected chi connectivity index (χ4v) is 0.756. The van der Waals surface area contributed by atoms with Crippen LogP contribution in [0.1, 0.15) is 5.56 Å². The zero-order chi connectivity index (χ0) is 8.97. The SMILES string of the molecule is O=[C]C(F)=C(F)c1ccccc1. The molecule has 0 unspecified atom stereocenters. The molecule has 0 aliphatic carbocycles. The van der Waals surface area contributed by atoms with Crippen molar-refractivity contribution in [2.45, 2.75) is 0 Å². The minimum atomic E-state index is -1.50. The summed E-state index contributed by atoms with van der Waals surface area (Å²) in [6.45, 7) is 0. The number of hydrogen-bond donors (Lipinski definition) is 0. The molecule has 0 N–H and O–H groups in total. The summed E-state index contributed by atoms with van der Waals surface area (Å²) in [7, 11) is 0. The maximum absolute atomic E-state index is 12.8. The molecule has 12 heavy (non-hydrogen) atoms. The van der Waals surface area contributed by atoms with E-state index < -0.39 is 11.7 Å². The van der Waals surface area contributed by atoms with Crippen LogP contribution in [0.4, 0.5) is 8.78 Å². The summed E-state index contributed by atoms with van der Waals surface area (Å²) in [5.41, 5.74) is 0.0401. The van der Waals surface area contributed by atoms with E-state index in [1.807, 2.05) is 0 Å². The molecule has 1 rings (SSSR count). The molecular weight excluding hydrogens is 162 g/mol. The fraction of sp³-hybridized carbons (Fsp3) is 0. The van der Waals surface area contributed by atoms with Crippen LogP contribution >= 0.6 is 0 Å². The lowest BCUT2D eigenvalue weighted by atomic mass is 10.2. The maximum Gasteiger partial charge on any atom is 0.267 e. The van der Waals surface area contributed by atoms with E-state index in [2.05, 4.69) is 0 Å². The zero-order valence-electron chi connectivity index (χ0n) is 6.05. The van der Waals surface area contributed by atoms with Gasteiger partial charge in [-0.15, -0.1) is 0 Å². The van der Waals surface area contributed by atoms with Crippen molar-refractivity contribution in [2.24, 2.45) is 0 Å². The predicted octanol–water partition coefficient (Wildman–Crippen LogP) is 2.40. The van der Waals surface area contributed by atoms with Gasteiger partial charge in [0.1, 0.15) is 0 Å². The Morgan fingerprint density at radius 1 is 1.17 bits per heavy atom. The Hall–Kier alpha value is -1.51. The summed E-state index contributed by atoms with van der Waals surface area (Å²) < 4.78 is 25.1. The number of allylic oxidation sites excluding steroid dienone is 1. The standard InChI is InChI=1S/C9H5F2O/c10-8(6-12)9(11)7-4-2-1-3-5-7/h1-5H. The molecule has 0 aliphatic rings. The molecule has 0 aromatic heterocycles. The van der Waals surface area contributed by atoms with Crippen LogP contribution in [0.2, 0.25) is 0 Å². The molecule has 0 aliphatic heterocycles. The molecule has 0 bridgehead atoms. The summed E-state index contributed by atoms with van der Waals surface area (Å²) in [6, 6.07) is 7.50. The first-order valence-electron chi connectivity index (χ1n) is 3.24. The van der Waals surface area contributed by atoms with Crippen molar-refractivity contribution in [2.75, 3.05) is 0 Å². The van der Waals surface area contributed by atoms with E-state index in [4.69, 9.17) is 0 Å². The molecule has 0 saturated carbocycles. The minimum Gasteiger partial charge on any atom is -0.282 e. The number of rotatable bonds is 2. The number of carbonyl (C=O) groups excluding carboxylic acids is 1. The Morgan fingerprint density at radius 3 is 2.25 bits per heavy atom. The molecule has 0 saturated heterocycles. The fourth-order valence-electron chi connectivity index (χ4n) is 0.756. The molecule has 0 spiro atoms. The highest BCUT2D eigenvalue weighted by Crippen LogP contribution is 2.19. The lowest BCUT2D eigenvalue weighted by molar-refractivity contribution is 0.538. The molecular formula is C9H5F2O. The van der Waals surface area contributed by atoms with Gasteiger partial charge in [0.15, 0.2) is 5.83 Å². The van der Waals surface area contributed by atoms with Crippen LogP contribution in [0.3, 0.4) is 0 Å². The van der Waals surface area contributed by atoms with Crippen LogP contribution in [0.5, 0.6) is 0 Å². The zero-order valence-corrected chi connectivity index (χ0v) is 6.05. The van der Waals surface area contributed by atoms with Gasteiger partial charge >= 0.3 is 0 Å². The molecule has 1 radical (unpaired) electrons. The Balaban J connectivity index is 3.08. The first-order chi connectivity index (χ1) is 5.75.